The highest BCUT2D eigenvalue weighted by atomic mass is 32.1. The Hall–Kier alpha value is -2.34. The summed E-state index contributed by atoms with van der Waals surface area (Å²) in [5.41, 5.74) is 3.32. The van der Waals surface area contributed by atoms with Crippen LogP contribution in [0.1, 0.15) is 17.4 Å². The fourth-order valence-corrected chi connectivity index (χ4v) is 3.04. The Balaban J connectivity index is 2.67. The molecule has 0 saturated carbocycles. The number of anilines is 1. The number of aromatic nitrogens is 1. The minimum atomic E-state index is -0.973. The molecule has 2 aromatic rings. The van der Waals surface area contributed by atoms with Gasteiger partial charge in [0.25, 0.3) is 0 Å². The maximum absolute atomic E-state index is 11.0. The van der Waals surface area contributed by atoms with Crippen LogP contribution in [0.25, 0.3) is 16.8 Å². The van der Waals surface area contributed by atoms with Crippen molar-refractivity contribution in [2.75, 3.05) is 19.5 Å². The lowest BCUT2D eigenvalue weighted by molar-refractivity contribution is -0.131. The lowest BCUT2D eigenvalue weighted by Crippen LogP contribution is -1.93. The van der Waals surface area contributed by atoms with Crippen LogP contribution in [0.4, 0.5) is 5.13 Å². The van der Waals surface area contributed by atoms with Gasteiger partial charge < -0.3 is 15.2 Å². The Morgan fingerprint density at radius 3 is 2.77 bits per heavy atom. The van der Waals surface area contributed by atoms with Gasteiger partial charge in [-0.25, -0.2) is 9.78 Å². The zero-order valence-electron chi connectivity index (χ0n) is 12.9. The first-order valence-electron chi connectivity index (χ1n) is 6.71. The van der Waals surface area contributed by atoms with Crippen molar-refractivity contribution >= 4 is 28.0 Å². The molecule has 0 amide bonds. The van der Waals surface area contributed by atoms with E-state index in [0.29, 0.717) is 11.3 Å². The Morgan fingerprint density at radius 2 is 2.18 bits per heavy atom. The van der Waals surface area contributed by atoms with Gasteiger partial charge in [-0.3, -0.25) is 0 Å². The zero-order valence-corrected chi connectivity index (χ0v) is 13.7. The molecule has 6 heteroatoms. The van der Waals surface area contributed by atoms with Crippen molar-refractivity contribution in [3.8, 4) is 17.0 Å². The molecule has 2 N–H and O–H groups in total. The number of benzene rings is 1. The number of carboxylic acids is 1. The topological polar surface area (TPSA) is 71.5 Å². The highest BCUT2D eigenvalue weighted by Crippen LogP contribution is 2.40. The van der Waals surface area contributed by atoms with Crippen LogP contribution in [-0.4, -0.2) is 30.2 Å². The van der Waals surface area contributed by atoms with Crippen molar-refractivity contribution in [1.82, 2.24) is 4.98 Å². The van der Waals surface area contributed by atoms with E-state index < -0.39 is 5.97 Å². The normalized spacial score (nSPS) is 11.4. The second kappa shape index (κ2) is 6.62. The first-order valence-corrected chi connectivity index (χ1v) is 7.53. The summed E-state index contributed by atoms with van der Waals surface area (Å²) >= 11 is 1.42. The van der Waals surface area contributed by atoms with Gasteiger partial charge in [0.15, 0.2) is 5.13 Å². The molecule has 1 heterocycles. The third kappa shape index (κ3) is 3.28. The number of aliphatic carboxylic acids is 1. The number of carbonyl (C=O) groups is 1. The van der Waals surface area contributed by atoms with Gasteiger partial charge in [0.2, 0.25) is 0 Å². The van der Waals surface area contributed by atoms with E-state index in [9.17, 15) is 4.79 Å². The number of hydrogen-bond acceptors (Lipinski definition) is 5. The summed E-state index contributed by atoms with van der Waals surface area (Å²) in [6.07, 6.45) is 1.19. The Kier molecular flexibility index (Phi) is 4.82. The molecule has 0 bridgehead atoms. The molecule has 0 aliphatic rings. The number of rotatable bonds is 5. The van der Waals surface area contributed by atoms with E-state index in [4.69, 9.17) is 9.84 Å². The van der Waals surface area contributed by atoms with Gasteiger partial charge in [-0.2, -0.15) is 0 Å². The van der Waals surface area contributed by atoms with Crippen LogP contribution in [0.2, 0.25) is 0 Å². The van der Waals surface area contributed by atoms with Gasteiger partial charge in [-0.1, -0.05) is 23.0 Å². The summed E-state index contributed by atoms with van der Waals surface area (Å²) in [5, 5.41) is 12.7. The van der Waals surface area contributed by atoms with Crippen LogP contribution in [0.5, 0.6) is 5.75 Å². The van der Waals surface area contributed by atoms with Crippen molar-refractivity contribution in [2.24, 2.45) is 0 Å². The predicted octanol–water partition coefficient (Wildman–Crippen LogP) is 3.66. The lowest BCUT2D eigenvalue weighted by Gasteiger charge is -2.09. The second-order valence-electron chi connectivity index (χ2n) is 4.82. The SMILES string of the molecule is CNc1nc(-c2cc(C)ccc2OC)c(/C(C)=C/C(=O)O)s1. The van der Waals surface area contributed by atoms with Crippen LogP contribution < -0.4 is 10.1 Å². The van der Waals surface area contributed by atoms with Crippen LogP contribution in [0.15, 0.2) is 24.3 Å². The van der Waals surface area contributed by atoms with Gasteiger partial charge in [0, 0.05) is 18.7 Å². The molecule has 0 aliphatic carbocycles. The summed E-state index contributed by atoms with van der Waals surface area (Å²) in [4.78, 5) is 16.3. The van der Waals surface area contributed by atoms with E-state index in [-0.39, 0.29) is 0 Å². The number of nitrogens with one attached hydrogen (secondary N) is 1. The third-order valence-electron chi connectivity index (χ3n) is 3.15. The third-order valence-corrected chi connectivity index (χ3v) is 4.36. The van der Waals surface area contributed by atoms with Crippen LogP contribution >= 0.6 is 11.3 Å². The number of carboxylic acid groups (broad SMARTS) is 1. The van der Waals surface area contributed by atoms with Crippen LogP contribution in [0.3, 0.4) is 0 Å². The number of methoxy groups -OCH3 is 1. The van der Waals surface area contributed by atoms with Gasteiger partial charge in [0.05, 0.1) is 17.7 Å². The molecular formula is C16H18N2O3S. The van der Waals surface area contributed by atoms with Crippen LogP contribution in [0, 0.1) is 6.92 Å². The van der Waals surface area contributed by atoms with Gasteiger partial charge >= 0.3 is 5.97 Å². The molecule has 1 aromatic heterocycles. The summed E-state index contributed by atoms with van der Waals surface area (Å²) in [6.45, 7) is 3.76. The number of aryl methyl sites for hydroxylation is 1. The first kappa shape index (κ1) is 16.0. The number of thiazole rings is 1. The molecule has 5 nitrogen and oxygen atoms in total. The van der Waals surface area contributed by atoms with Crippen molar-refractivity contribution < 1.29 is 14.6 Å². The number of hydrogen-bond donors (Lipinski definition) is 2. The smallest absolute Gasteiger partial charge is 0.328 e. The summed E-state index contributed by atoms with van der Waals surface area (Å²) in [5.74, 6) is -0.262. The van der Waals surface area contributed by atoms with Crippen molar-refractivity contribution in [3.63, 3.8) is 0 Å². The molecular weight excluding hydrogens is 300 g/mol. The average molecular weight is 318 g/mol. The van der Waals surface area contributed by atoms with Crippen LogP contribution in [-0.2, 0) is 4.79 Å². The minimum Gasteiger partial charge on any atom is -0.496 e. The van der Waals surface area contributed by atoms with E-state index in [1.165, 1.54) is 17.4 Å². The quantitative estimate of drug-likeness (QED) is 0.823. The fourth-order valence-electron chi connectivity index (χ4n) is 2.13. The van der Waals surface area contributed by atoms with Crippen molar-refractivity contribution in [1.29, 1.82) is 0 Å². The van der Waals surface area contributed by atoms with Crippen molar-refractivity contribution in [2.45, 2.75) is 13.8 Å². The molecule has 0 spiro atoms. The maximum Gasteiger partial charge on any atom is 0.328 e. The first-order chi connectivity index (χ1) is 10.5. The van der Waals surface area contributed by atoms with E-state index >= 15 is 0 Å². The zero-order chi connectivity index (χ0) is 16.3. The minimum absolute atomic E-state index is 0.657. The Bertz CT molecular complexity index is 735. The molecule has 22 heavy (non-hydrogen) atoms. The lowest BCUT2D eigenvalue weighted by atomic mass is 10.0. The number of nitrogens with zero attached hydrogens (tertiary/aromatic N) is 1. The predicted molar refractivity (Wildman–Crippen MR) is 89.7 cm³/mol. The van der Waals surface area contributed by atoms with Gasteiger partial charge in [-0.15, -0.1) is 0 Å². The maximum atomic E-state index is 11.0. The molecule has 0 unspecified atom stereocenters. The molecule has 0 aliphatic heterocycles. The Morgan fingerprint density at radius 1 is 1.45 bits per heavy atom. The molecule has 0 radical (unpaired) electrons. The Labute approximate surface area is 133 Å². The highest BCUT2D eigenvalue weighted by molar-refractivity contribution is 7.17. The fraction of sp³-hybridized carbons (Fsp3) is 0.250. The van der Waals surface area contributed by atoms with Crippen molar-refractivity contribution in [3.05, 3.63) is 34.7 Å². The largest absolute Gasteiger partial charge is 0.496 e. The summed E-state index contributed by atoms with van der Waals surface area (Å²) in [7, 11) is 3.40. The van der Waals surface area contributed by atoms with E-state index in [2.05, 4.69) is 10.3 Å². The van der Waals surface area contributed by atoms with E-state index in [1.807, 2.05) is 25.1 Å². The highest BCUT2D eigenvalue weighted by Gasteiger charge is 2.18. The molecule has 0 atom stereocenters. The van der Waals surface area contributed by atoms with E-state index in [0.717, 1.165) is 26.8 Å². The standard InChI is InChI=1S/C16H18N2O3S/c1-9-5-6-12(21-4)11(7-9)14-15(10(2)8-13(19)20)22-16(17-3)18-14/h5-8H,1-4H3,(H,17,18)(H,19,20)/b10-8+. The monoisotopic (exact) mass is 318 g/mol. The summed E-state index contributed by atoms with van der Waals surface area (Å²) < 4.78 is 5.42. The number of allylic oxidation sites excluding steroid dienone is 1. The average Bonchev–Trinajstić information content (AvgIpc) is 2.90. The molecule has 2 rings (SSSR count). The van der Waals surface area contributed by atoms with E-state index in [1.54, 1.807) is 21.1 Å². The van der Waals surface area contributed by atoms with Gasteiger partial charge in [0.1, 0.15) is 5.75 Å². The van der Waals surface area contributed by atoms with Gasteiger partial charge in [-0.05, 0) is 31.6 Å². The number of ether oxygens (including phenoxy) is 1. The summed E-state index contributed by atoms with van der Waals surface area (Å²) in [6, 6.07) is 5.85. The molecule has 0 saturated heterocycles. The second-order valence-corrected chi connectivity index (χ2v) is 5.82. The molecule has 1 aromatic carbocycles. The molecule has 116 valence electrons. The molecule has 0 fully saturated rings.